The van der Waals surface area contributed by atoms with Gasteiger partial charge in [0, 0.05) is 23.1 Å². The molecule has 98 valence electrons. The standard InChI is InChI=1S/C12H15BrN2O3/c13-8-4-9(12(17)18)11(15-6-8)14-5-7-2-1-3-10(7)16/h4,6-7,10,16H,1-3,5H2,(H,14,15)(H,17,18). The summed E-state index contributed by atoms with van der Waals surface area (Å²) >= 11 is 3.20. The van der Waals surface area contributed by atoms with Crippen molar-refractivity contribution >= 4 is 27.7 Å². The number of nitrogens with zero attached hydrogens (tertiary/aromatic N) is 1. The second kappa shape index (κ2) is 5.67. The van der Waals surface area contributed by atoms with Crippen molar-refractivity contribution in [1.82, 2.24) is 4.98 Å². The number of carboxylic acid groups (broad SMARTS) is 1. The summed E-state index contributed by atoms with van der Waals surface area (Å²) in [5.74, 6) is -0.486. The van der Waals surface area contributed by atoms with E-state index in [1.165, 1.54) is 6.07 Å². The first-order valence-electron chi connectivity index (χ1n) is 5.88. The Bertz CT molecular complexity index is 453. The van der Waals surface area contributed by atoms with Crippen LogP contribution >= 0.6 is 15.9 Å². The number of halogens is 1. The maximum atomic E-state index is 11.1. The van der Waals surface area contributed by atoms with Crippen LogP contribution in [-0.4, -0.2) is 33.8 Å². The number of carboxylic acids is 1. The molecule has 0 saturated heterocycles. The molecule has 0 bridgehead atoms. The van der Waals surface area contributed by atoms with Gasteiger partial charge in [0.2, 0.25) is 0 Å². The SMILES string of the molecule is O=C(O)c1cc(Br)cnc1NCC1CCCC1O. The van der Waals surface area contributed by atoms with Crippen molar-refractivity contribution in [2.45, 2.75) is 25.4 Å². The first kappa shape index (κ1) is 13.3. The average molecular weight is 315 g/mol. The molecule has 0 aliphatic heterocycles. The van der Waals surface area contributed by atoms with Crippen LogP contribution in [0.4, 0.5) is 5.82 Å². The van der Waals surface area contributed by atoms with E-state index in [9.17, 15) is 9.90 Å². The van der Waals surface area contributed by atoms with Gasteiger partial charge in [-0.25, -0.2) is 9.78 Å². The van der Waals surface area contributed by atoms with Crippen molar-refractivity contribution in [3.63, 3.8) is 0 Å². The fourth-order valence-electron chi connectivity index (χ4n) is 2.23. The first-order valence-corrected chi connectivity index (χ1v) is 6.68. The highest BCUT2D eigenvalue weighted by atomic mass is 79.9. The number of aromatic nitrogens is 1. The van der Waals surface area contributed by atoms with Gasteiger partial charge < -0.3 is 15.5 Å². The summed E-state index contributed by atoms with van der Waals surface area (Å²) in [4.78, 5) is 15.1. The minimum Gasteiger partial charge on any atom is -0.478 e. The molecule has 1 fully saturated rings. The van der Waals surface area contributed by atoms with Gasteiger partial charge in [0.05, 0.1) is 6.10 Å². The summed E-state index contributed by atoms with van der Waals surface area (Å²) in [5, 5.41) is 21.8. The Morgan fingerprint density at radius 2 is 2.33 bits per heavy atom. The van der Waals surface area contributed by atoms with Crippen LogP contribution in [0.15, 0.2) is 16.7 Å². The molecule has 2 atom stereocenters. The maximum absolute atomic E-state index is 11.1. The fraction of sp³-hybridized carbons (Fsp3) is 0.500. The molecule has 1 aliphatic rings. The highest BCUT2D eigenvalue weighted by molar-refractivity contribution is 9.10. The van der Waals surface area contributed by atoms with Gasteiger partial charge in [0.25, 0.3) is 0 Å². The molecule has 18 heavy (non-hydrogen) atoms. The van der Waals surface area contributed by atoms with Crippen molar-refractivity contribution in [2.24, 2.45) is 5.92 Å². The van der Waals surface area contributed by atoms with E-state index in [0.717, 1.165) is 19.3 Å². The van der Waals surface area contributed by atoms with Crippen LogP contribution in [0, 0.1) is 5.92 Å². The third-order valence-electron chi connectivity index (χ3n) is 3.24. The van der Waals surface area contributed by atoms with Crippen LogP contribution in [0.2, 0.25) is 0 Å². The van der Waals surface area contributed by atoms with E-state index >= 15 is 0 Å². The molecule has 0 aromatic carbocycles. The average Bonchev–Trinajstić information content (AvgIpc) is 2.73. The molecule has 2 unspecified atom stereocenters. The lowest BCUT2D eigenvalue weighted by atomic mass is 10.1. The molecule has 5 nitrogen and oxygen atoms in total. The third kappa shape index (κ3) is 3.00. The van der Waals surface area contributed by atoms with Gasteiger partial charge in [-0.05, 0) is 34.8 Å². The number of carbonyl (C=O) groups is 1. The number of anilines is 1. The minimum atomic E-state index is -1.02. The minimum absolute atomic E-state index is 0.136. The van der Waals surface area contributed by atoms with Gasteiger partial charge in [-0.15, -0.1) is 0 Å². The normalized spacial score (nSPS) is 23.0. The van der Waals surface area contributed by atoms with E-state index in [-0.39, 0.29) is 17.6 Å². The Morgan fingerprint density at radius 3 is 2.94 bits per heavy atom. The van der Waals surface area contributed by atoms with Crippen LogP contribution in [0.1, 0.15) is 29.6 Å². The summed E-state index contributed by atoms with van der Waals surface area (Å²) in [6.07, 6.45) is 4.08. The molecule has 1 saturated carbocycles. The Balaban J connectivity index is 2.06. The van der Waals surface area contributed by atoms with Crippen LogP contribution in [-0.2, 0) is 0 Å². The molecular weight excluding hydrogens is 300 g/mol. The maximum Gasteiger partial charge on any atom is 0.339 e. The number of hydrogen-bond donors (Lipinski definition) is 3. The number of hydrogen-bond acceptors (Lipinski definition) is 4. The Labute approximate surface area is 113 Å². The number of aromatic carboxylic acids is 1. The monoisotopic (exact) mass is 314 g/mol. The molecule has 1 aromatic heterocycles. The Kier molecular flexibility index (Phi) is 4.19. The zero-order chi connectivity index (χ0) is 13.1. The van der Waals surface area contributed by atoms with Crippen LogP contribution in [0.5, 0.6) is 0 Å². The summed E-state index contributed by atoms with van der Waals surface area (Å²) in [6.45, 7) is 0.552. The van der Waals surface area contributed by atoms with E-state index in [2.05, 4.69) is 26.2 Å². The molecule has 2 rings (SSSR count). The molecule has 1 aromatic rings. The van der Waals surface area contributed by atoms with E-state index in [1.807, 2.05) is 0 Å². The Morgan fingerprint density at radius 1 is 1.56 bits per heavy atom. The summed E-state index contributed by atoms with van der Waals surface area (Å²) in [5.41, 5.74) is 0.136. The van der Waals surface area contributed by atoms with Gasteiger partial charge in [-0.1, -0.05) is 6.42 Å². The van der Waals surface area contributed by atoms with Crippen molar-refractivity contribution in [2.75, 3.05) is 11.9 Å². The lowest BCUT2D eigenvalue weighted by Gasteiger charge is -2.16. The molecule has 0 spiro atoms. The van der Waals surface area contributed by atoms with Crippen LogP contribution in [0.3, 0.4) is 0 Å². The van der Waals surface area contributed by atoms with Crippen LogP contribution in [0.25, 0.3) is 0 Å². The third-order valence-corrected chi connectivity index (χ3v) is 3.67. The van der Waals surface area contributed by atoms with E-state index in [0.29, 0.717) is 16.8 Å². The van der Waals surface area contributed by atoms with Gasteiger partial charge in [-0.2, -0.15) is 0 Å². The van der Waals surface area contributed by atoms with E-state index < -0.39 is 5.97 Å². The van der Waals surface area contributed by atoms with Crippen molar-refractivity contribution in [1.29, 1.82) is 0 Å². The van der Waals surface area contributed by atoms with Crippen molar-refractivity contribution in [3.05, 3.63) is 22.3 Å². The quantitative estimate of drug-likeness (QED) is 0.793. The number of aliphatic hydroxyl groups excluding tert-OH is 1. The van der Waals surface area contributed by atoms with Crippen LogP contribution < -0.4 is 5.32 Å². The molecular formula is C12H15BrN2O3. The second-order valence-corrected chi connectivity index (χ2v) is 5.41. The number of nitrogens with one attached hydrogen (secondary N) is 1. The summed E-state index contributed by atoms with van der Waals surface area (Å²) < 4.78 is 0.631. The largest absolute Gasteiger partial charge is 0.478 e. The van der Waals surface area contributed by atoms with Gasteiger partial charge in [0.15, 0.2) is 0 Å². The van der Waals surface area contributed by atoms with Gasteiger partial charge in [-0.3, -0.25) is 0 Å². The highest BCUT2D eigenvalue weighted by Gasteiger charge is 2.25. The second-order valence-electron chi connectivity index (χ2n) is 4.49. The van der Waals surface area contributed by atoms with Gasteiger partial charge >= 0.3 is 5.97 Å². The molecule has 1 aliphatic carbocycles. The van der Waals surface area contributed by atoms with Gasteiger partial charge in [0.1, 0.15) is 11.4 Å². The molecule has 3 N–H and O–H groups in total. The zero-order valence-corrected chi connectivity index (χ0v) is 11.4. The van der Waals surface area contributed by atoms with Crippen molar-refractivity contribution in [3.8, 4) is 0 Å². The lowest BCUT2D eigenvalue weighted by Crippen LogP contribution is -2.23. The molecule has 1 heterocycles. The molecule has 6 heteroatoms. The predicted molar refractivity (Wildman–Crippen MR) is 70.7 cm³/mol. The Hall–Kier alpha value is -1.14. The first-order chi connectivity index (χ1) is 8.58. The topological polar surface area (TPSA) is 82.5 Å². The van der Waals surface area contributed by atoms with Crippen molar-refractivity contribution < 1.29 is 15.0 Å². The predicted octanol–water partition coefficient (Wildman–Crippen LogP) is 2.12. The summed E-state index contributed by atoms with van der Waals surface area (Å²) in [6, 6.07) is 1.52. The molecule has 0 amide bonds. The smallest absolute Gasteiger partial charge is 0.339 e. The highest BCUT2D eigenvalue weighted by Crippen LogP contribution is 2.26. The van der Waals surface area contributed by atoms with E-state index in [1.54, 1.807) is 6.20 Å². The molecule has 0 radical (unpaired) electrons. The lowest BCUT2D eigenvalue weighted by molar-refractivity contribution is 0.0697. The number of rotatable bonds is 4. The van der Waals surface area contributed by atoms with E-state index in [4.69, 9.17) is 5.11 Å². The fourth-order valence-corrected chi connectivity index (χ4v) is 2.56. The summed E-state index contributed by atoms with van der Waals surface area (Å²) in [7, 11) is 0. The number of aliphatic hydroxyl groups is 1. The zero-order valence-electron chi connectivity index (χ0n) is 9.77. The number of pyridine rings is 1.